The van der Waals surface area contributed by atoms with Crippen molar-refractivity contribution >= 4 is 5.97 Å². The van der Waals surface area contributed by atoms with E-state index in [1.165, 1.54) is 13.0 Å². The molecular weight excluding hydrogens is 472 g/mol. The molecule has 0 amide bonds. The molecule has 36 heavy (non-hydrogen) atoms. The highest BCUT2D eigenvalue weighted by Crippen LogP contribution is 2.29. The number of hydrogen-bond donors (Lipinski definition) is 7. The van der Waals surface area contributed by atoms with E-state index in [1.54, 1.807) is 13.0 Å². The number of carboxylic acid groups (broad SMARTS) is 1. The fourth-order valence-electron chi connectivity index (χ4n) is 3.78. The standard InChI is InChI=1S/C26H42O10/c1-5-26(4,36-25-23(32)22(31)21(30)20(15-28)35-25)11-7-10-18(14-27)9-6-8-16(2)12-19(29)13-17(3)24(33)34/h5,8,10,13,19-23,25,27-32H,1,6-7,9,11-12,14-15H2,2-4H3,(H,33,34)/b16-8+,17-13+,18-10-/t19-,20+,21+,22-,23+,25-,26+/m0/s1. The number of allylic oxidation sites excluding steroid dienone is 2. The third-order valence-corrected chi connectivity index (χ3v) is 6.21. The summed E-state index contributed by atoms with van der Waals surface area (Å²) in [5.74, 6) is -1.07. The molecule has 1 aliphatic heterocycles. The monoisotopic (exact) mass is 514 g/mol. The fraction of sp³-hybridized carbons (Fsp3) is 0.654. The molecule has 0 unspecified atom stereocenters. The van der Waals surface area contributed by atoms with E-state index in [1.807, 2.05) is 19.1 Å². The zero-order valence-corrected chi connectivity index (χ0v) is 21.3. The van der Waals surface area contributed by atoms with Gasteiger partial charge in [0.05, 0.1) is 24.9 Å². The van der Waals surface area contributed by atoms with Crippen molar-refractivity contribution in [3.05, 3.63) is 47.6 Å². The van der Waals surface area contributed by atoms with Gasteiger partial charge in [-0.05, 0) is 64.5 Å². The van der Waals surface area contributed by atoms with Crippen LogP contribution in [0.1, 0.15) is 52.9 Å². The molecule has 0 spiro atoms. The maximum atomic E-state index is 10.8. The second-order valence-electron chi connectivity index (χ2n) is 9.41. The highest BCUT2D eigenvalue weighted by atomic mass is 16.7. The summed E-state index contributed by atoms with van der Waals surface area (Å²) in [6, 6.07) is 0. The first kappa shape index (κ1) is 32.1. The van der Waals surface area contributed by atoms with Crippen molar-refractivity contribution in [2.24, 2.45) is 0 Å². The zero-order valence-electron chi connectivity index (χ0n) is 21.3. The predicted octanol–water partition coefficient (Wildman–Crippen LogP) is 0.955. The smallest absolute Gasteiger partial charge is 0.331 e. The van der Waals surface area contributed by atoms with E-state index in [2.05, 4.69) is 6.58 Å². The number of carbonyl (C=O) groups is 1. The molecule has 1 heterocycles. The van der Waals surface area contributed by atoms with E-state index < -0.39 is 55.0 Å². The first-order valence-corrected chi connectivity index (χ1v) is 12.0. The molecule has 0 aliphatic carbocycles. The van der Waals surface area contributed by atoms with Gasteiger partial charge in [0.15, 0.2) is 6.29 Å². The van der Waals surface area contributed by atoms with Crippen LogP contribution in [0.5, 0.6) is 0 Å². The van der Waals surface area contributed by atoms with E-state index in [-0.39, 0.29) is 12.2 Å². The van der Waals surface area contributed by atoms with Gasteiger partial charge in [-0.1, -0.05) is 23.8 Å². The predicted molar refractivity (Wildman–Crippen MR) is 133 cm³/mol. The Morgan fingerprint density at radius 3 is 2.33 bits per heavy atom. The average Bonchev–Trinajstić information content (AvgIpc) is 2.83. The maximum absolute atomic E-state index is 10.8. The first-order chi connectivity index (χ1) is 16.9. The molecule has 0 radical (unpaired) electrons. The first-order valence-electron chi connectivity index (χ1n) is 12.0. The van der Waals surface area contributed by atoms with Gasteiger partial charge in [-0.15, -0.1) is 6.58 Å². The Kier molecular flexibility index (Phi) is 13.7. The Labute approximate surface area is 212 Å². The number of carboxylic acids is 1. The minimum absolute atomic E-state index is 0.0860. The molecule has 1 rings (SSSR count). The van der Waals surface area contributed by atoms with E-state index in [0.717, 1.165) is 11.1 Å². The van der Waals surface area contributed by atoms with Crippen LogP contribution in [-0.2, 0) is 14.3 Å². The summed E-state index contributed by atoms with van der Waals surface area (Å²) in [6.07, 6.45) is 1.39. The zero-order chi connectivity index (χ0) is 27.5. The van der Waals surface area contributed by atoms with Crippen LogP contribution in [0.25, 0.3) is 0 Å². The van der Waals surface area contributed by atoms with Gasteiger partial charge in [0.1, 0.15) is 24.4 Å². The normalized spacial score (nSPS) is 28.5. The van der Waals surface area contributed by atoms with Crippen LogP contribution in [0.4, 0.5) is 0 Å². The van der Waals surface area contributed by atoms with Crippen molar-refractivity contribution in [1.29, 1.82) is 0 Å². The van der Waals surface area contributed by atoms with Gasteiger partial charge in [0, 0.05) is 5.57 Å². The Bertz CT molecular complexity index is 803. The van der Waals surface area contributed by atoms with Crippen molar-refractivity contribution in [2.75, 3.05) is 13.2 Å². The van der Waals surface area contributed by atoms with E-state index in [0.29, 0.717) is 32.1 Å². The number of ether oxygens (including phenoxy) is 2. The summed E-state index contributed by atoms with van der Waals surface area (Å²) in [6.45, 7) is 8.10. The van der Waals surface area contributed by atoms with Gasteiger partial charge in [-0.2, -0.15) is 0 Å². The Hall–Kier alpha value is -1.89. The number of aliphatic hydroxyl groups is 6. The highest BCUT2D eigenvalue weighted by Gasteiger charge is 2.45. The fourth-order valence-corrected chi connectivity index (χ4v) is 3.78. The van der Waals surface area contributed by atoms with Crippen LogP contribution in [0.3, 0.4) is 0 Å². The minimum Gasteiger partial charge on any atom is -0.478 e. The maximum Gasteiger partial charge on any atom is 0.331 e. The van der Waals surface area contributed by atoms with Crippen molar-refractivity contribution in [1.82, 2.24) is 0 Å². The van der Waals surface area contributed by atoms with E-state index in [4.69, 9.17) is 14.6 Å². The number of rotatable bonds is 15. The Morgan fingerprint density at radius 2 is 1.78 bits per heavy atom. The topological polar surface area (TPSA) is 177 Å². The molecule has 0 aromatic rings. The second kappa shape index (κ2) is 15.4. The highest BCUT2D eigenvalue weighted by molar-refractivity contribution is 5.85. The summed E-state index contributed by atoms with van der Waals surface area (Å²) < 4.78 is 11.3. The largest absolute Gasteiger partial charge is 0.478 e. The molecular formula is C26H42O10. The van der Waals surface area contributed by atoms with Crippen molar-refractivity contribution < 1.29 is 50.0 Å². The SMILES string of the molecule is C=C[C@](C)(CC/C=C(\CO)CC/C=C(\C)C[C@H](O)/C=C(\C)C(=O)O)O[C@@H]1O[C@H](CO)[C@@H](O)[C@H](O)[C@H]1O. The lowest BCUT2D eigenvalue weighted by atomic mass is 9.96. The van der Waals surface area contributed by atoms with Crippen LogP contribution in [0.2, 0.25) is 0 Å². The Morgan fingerprint density at radius 1 is 1.11 bits per heavy atom. The van der Waals surface area contributed by atoms with Crippen LogP contribution in [0.15, 0.2) is 47.6 Å². The third-order valence-electron chi connectivity index (χ3n) is 6.21. The quantitative estimate of drug-likeness (QED) is 0.123. The number of aliphatic hydroxyl groups excluding tert-OH is 6. The molecule has 1 aliphatic rings. The molecule has 0 saturated carbocycles. The molecule has 1 saturated heterocycles. The second-order valence-corrected chi connectivity index (χ2v) is 9.41. The minimum atomic E-state index is -1.54. The number of aliphatic carboxylic acids is 1. The van der Waals surface area contributed by atoms with Crippen LogP contribution >= 0.6 is 0 Å². The van der Waals surface area contributed by atoms with Gasteiger partial charge in [0.2, 0.25) is 0 Å². The van der Waals surface area contributed by atoms with Crippen LogP contribution < -0.4 is 0 Å². The molecule has 206 valence electrons. The van der Waals surface area contributed by atoms with Crippen molar-refractivity contribution in [3.8, 4) is 0 Å². The number of hydrogen-bond acceptors (Lipinski definition) is 9. The van der Waals surface area contributed by atoms with Gasteiger partial charge < -0.3 is 45.2 Å². The van der Waals surface area contributed by atoms with Gasteiger partial charge in [0.25, 0.3) is 0 Å². The molecule has 1 fully saturated rings. The van der Waals surface area contributed by atoms with Gasteiger partial charge in [-0.3, -0.25) is 0 Å². The van der Waals surface area contributed by atoms with Crippen molar-refractivity contribution in [3.63, 3.8) is 0 Å². The molecule has 10 heteroatoms. The van der Waals surface area contributed by atoms with Crippen molar-refractivity contribution in [2.45, 2.75) is 95.3 Å². The lowest BCUT2D eigenvalue weighted by Crippen LogP contribution is -2.60. The summed E-state index contributed by atoms with van der Waals surface area (Å²) >= 11 is 0. The third kappa shape index (κ3) is 10.2. The molecule has 7 N–H and O–H groups in total. The van der Waals surface area contributed by atoms with Gasteiger partial charge >= 0.3 is 5.97 Å². The van der Waals surface area contributed by atoms with E-state index >= 15 is 0 Å². The summed E-state index contributed by atoms with van der Waals surface area (Å²) in [5, 5.41) is 68.0. The molecule has 0 bridgehead atoms. The van der Waals surface area contributed by atoms with Gasteiger partial charge in [-0.25, -0.2) is 4.79 Å². The molecule has 0 aromatic heterocycles. The molecule has 7 atom stereocenters. The van der Waals surface area contributed by atoms with Crippen LogP contribution in [-0.4, -0.2) is 97.3 Å². The summed E-state index contributed by atoms with van der Waals surface area (Å²) in [7, 11) is 0. The van der Waals surface area contributed by atoms with Crippen LogP contribution in [0, 0.1) is 0 Å². The molecule has 0 aromatic carbocycles. The van der Waals surface area contributed by atoms with E-state index in [9.17, 15) is 35.4 Å². The lowest BCUT2D eigenvalue weighted by Gasteiger charge is -2.42. The summed E-state index contributed by atoms with van der Waals surface area (Å²) in [5.41, 5.74) is 0.837. The molecule has 10 nitrogen and oxygen atoms in total. The summed E-state index contributed by atoms with van der Waals surface area (Å²) in [4.78, 5) is 10.8. The Balaban J connectivity index is 2.65. The lowest BCUT2D eigenvalue weighted by molar-refractivity contribution is -0.319. The average molecular weight is 515 g/mol.